The summed E-state index contributed by atoms with van der Waals surface area (Å²) in [5, 5.41) is 5.18. The van der Waals surface area contributed by atoms with E-state index in [-0.39, 0.29) is 29.6 Å². The highest BCUT2D eigenvalue weighted by Gasteiger charge is 2.18. The van der Waals surface area contributed by atoms with Crippen molar-refractivity contribution in [3.05, 3.63) is 17.2 Å². The Morgan fingerprint density at radius 3 is 2.50 bits per heavy atom. The van der Waals surface area contributed by atoms with Crippen molar-refractivity contribution in [3.8, 4) is 11.5 Å². The molecule has 0 atom stereocenters. The van der Waals surface area contributed by atoms with Crippen molar-refractivity contribution in [2.75, 3.05) is 32.2 Å². The zero-order valence-electron chi connectivity index (χ0n) is 14.4. The predicted octanol–water partition coefficient (Wildman–Crippen LogP) is 1.90. The lowest BCUT2D eigenvalue weighted by Crippen LogP contribution is -2.36. The molecule has 0 aliphatic carbocycles. The first-order chi connectivity index (χ1) is 12.5. The van der Waals surface area contributed by atoms with Crippen molar-refractivity contribution in [2.24, 2.45) is 0 Å². The van der Waals surface area contributed by atoms with E-state index in [0.717, 1.165) is 6.42 Å². The van der Waals surface area contributed by atoms with Gasteiger partial charge in [0, 0.05) is 31.5 Å². The minimum atomic E-state index is -0.839. The summed E-state index contributed by atoms with van der Waals surface area (Å²) in [4.78, 5) is 34.8. The van der Waals surface area contributed by atoms with Crippen molar-refractivity contribution < 1.29 is 28.6 Å². The van der Waals surface area contributed by atoms with E-state index in [9.17, 15) is 14.4 Å². The molecule has 2 amide bonds. The zero-order chi connectivity index (χ0) is 18.9. The third kappa shape index (κ3) is 5.80. The van der Waals surface area contributed by atoms with Crippen molar-refractivity contribution >= 4 is 35.1 Å². The fourth-order valence-electron chi connectivity index (χ4n) is 2.24. The molecule has 0 unspecified atom stereocenters. The molecule has 0 saturated heterocycles. The highest BCUT2D eigenvalue weighted by molar-refractivity contribution is 6.41. The Morgan fingerprint density at radius 2 is 1.81 bits per heavy atom. The molecule has 26 heavy (non-hydrogen) atoms. The highest BCUT2D eigenvalue weighted by atomic mass is 35.5. The maximum atomic E-state index is 12.0. The standard InChI is InChI=1S/C17H21ClN2O6/c1-24-15(21)5-2-3-6-19-16(22)17(23)20-12-10-14-13(9-11(12)18)25-7-4-8-26-14/h9-10H,2-8H2,1H3,(H,19,22)(H,20,23). The quantitative estimate of drug-likeness (QED) is 0.441. The SMILES string of the molecule is COC(=O)CCCCNC(=O)C(=O)Nc1cc2c(cc1Cl)OCCCO2. The van der Waals surface area contributed by atoms with Crippen LogP contribution in [0.2, 0.25) is 5.02 Å². The molecule has 9 heteroatoms. The fraction of sp³-hybridized carbons (Fsp3) is 0.471. The molecule has 2 rings (SSSR count). The molecule has 0 bridgehead atoms. The van der Waals surface area contributed by atoms with Gasteiger partial charge in [0.25, 0.3) is 0 Å². The highest BCUT2D eigenvalue weighted by Crippen LogP contribution is 2.37. The Bertz CT molecular complexity index is 679. The van der Waals surface area contributed by atoms with Gasteiger partial charge in [0.2, 0.25) is 0 Å². The van der Waals surface area contributed by atoms with Gasteiger partial charge in [-0.25, -0.2) is 0 Å². The van der Waals surface area contributed by atoms with Gasteiger partial charge < -0.3 is 24.8 Å². The number of anilines is 1. The fourth-order valence-corrected chi connectivity index (χ4v) is 2.44. The molecule has 2 N–H and O–H groups in total. The Labute approximate surface area is 156 Å². The third-order valence-electron chi connectivity index (χ3n) is 3.61. The van der Waals surface area contributed by atoms with Crippen LogP contribution < -0.4 is 20.1 Å². The lowest BCUT2D eigenvalue weighted by atomic mass is 10.2. The number of carbonyl (C=O) groups excluding carboxylic acids is 3. The summed E-state index contributed by atoms with van der Waals surface area (Å²) < 4.78 is 15.6. The Balaban J connectivity index is 1.84. The van der Waals surface area contributed by atoms with Crippen LogP contribution in [0.3, 0.4) is 0 Å². The van der Waals surface area contributed by atoms with E-state index in [1.165, 1.54) is 13.2 Å². The molecule has 1 aliphatic heterocycles. The van der Waals surface area contributed by atoms with Crippen LogP contribution in [0.4, 0.5) is 5.69 Å². The Morgan fingerprint density at radius 1 is 1.12 bits per heavy atom. The second kappa shape index (κ2) is 9.86. The molecule has 8 nitrogen and oxygen atoms in total. The topological polar surface area (TPSA) is 103 Å². The summed E-state index contributed by atoms with van der Waals surface area (Å²) >= 11 is 6.13. The van der Waals surface area contributed by atoms with Crippen molar-refractivity contribution in [3.63, 3.8) is 0 Å². The number of unbranched alkanes of at least 4 members (excludes halogenated alkanes) is 1. The molecular weight excluding hydrogens is 364 g/mol. The Kier molecular flexibility index (Phi) is 7.53. The van der Waals surface area contributed by atoms with Crippen molar-refractivity contribution in [2.45, 2.75) is 25.7 Å². The first-order valence-corrected chi connectivity index (χ1v) is 8.64. The summed E-state index contributed by atoms with van der Waals surface area (Å²) in [7, 11) is 1.32. The normalized spacial score (nSPS) is 12.7. The molecular formula is C17H21ClN2O6. The minimum absolute atomic E-state index is 0.244. The second-order valence-corrected chi connectivity index (χ2v) is 5.98. The number of methoxy groups -OCH3 is 1. The molecule has 0 radical (unpaired) electrons. The molecule has 0 spiro atoms. The molecule has 0 saturated carbocycles. The molecule has 1 aliphatic rings. The van der Waals surface area contributed by atoms with E-state index in [1.54, 1.807) is 6.07 Å². The van der Waals surface area contributed by atoms with Crippen LogP contribution in [-0.4, -0.2) is 44.7 Å². The number of hydrogen-bond acceptors (Lipinski definition) is 6. The van der Waals surface area contributed by atoms with Gasteiger partial charge in [0.05, 0.1) is 31.0 Å². The lowest BCUT2D eigenvalue weighted by molar-refractivity contribution is -0.140. The lowest BCUT2D eigenvalue weighted by Gasteiger charge is -2.12. The van der Waals surface area contributed by atoms with Crippen LogP contribution in [0.1, 0.15) is 25.7 Å². The molecule has 1 heterocycles. The summed E-state index contributed by atoms with van der Waals surface area (Å²) in [5.41, 5.74) is 0.266. The molecule has 0 fully saturated rings. The third-order valence-corrected chi connectivity index (χ3v) is 3.93. The number of amides is 2. The first-order valence-electron chi connectivity index (χ1n) is 8.26. The second-order valence-electron chi connectivity index (χ2n) is 5.57. The number of nitrogens with one attached hydrogen (secondary N) is 2. The van der Waals surface area contributed by atoms with Crippen LogP contribution in [0.25, 0.3) is 0 Å². The van der Waals surface area contributed by atoms with Gasteiger partial charge in [-0.1, -0.05) is 11.6 Å². The van der Waals surface area contributed by atoms with Crippen LogP contribution in [-0.2, 0) is 19.1 Å². The van der Waals surface area contributed by atoms with Gasteiger partial charge in [-0.15, -0.1) is 0 Å². The average Bonchev–Trinajstić information content (AvgIpc) is 2.86. The number of esters is 1. The number of ether oxygens (including phenoxy) is 3. The van der Waals surface area contributed by atoms with Gasteiger partial charge in [0.15, 0.2) is 11.5 Å². The van der Waals surface area contributed by atoms with Crippen LogP contribution in [0.5, 0.6) is 11.5 Å². The monoisotopic (exact) mass is 384 g/mol. The first kappa shape index (κ1) is 19.8. The van der Waals surface area contributed by atoms with E-state index < -0.39 is 11.8 Å². The van der Waals surface area contributed by atoms with Crippen LogP contribution in [0, 0.1) is 0 Å². The summed E-state index contributed by atoms with van der Waals surface area (Å²) in [6, 6.07) is 3.08. The number of halogens is 1. The molecule has 142 valence electrons. The summed E-state index contributed by atoms with van der Waals surface area (Å²) in [5.74, 6) is -0.968. The summed E-state index contributed by atoms with van der Waals surface area (Å²) in [6.45, 7) is 1.29. The van der Waals surface area contributed by atoms with Crippen LogP contribution in [0.15, 0.2) is 12.1 Å². The number of benzene rings is 1. The number of fused-ring (bicyclic) bond motifs is 1. The van der Waals surface area contributed by atoms with Crippen molar-refractivity contribution in [1.82, 2.24) is 5.32 Å². The van der Waals surface area contributed by atoms with Gasteiger partial charge in [-0.05, 0) is 12.8 Å². The smallest absolute Gasteiger partial charge is 0.313 e. The van der Waals surface area contributed by atoms with E-state index in [2.05, 4.69) is 15.4 Å². The zero-order valence-corrected chi connectivity index (χ0v) is 15.2. The number of hydrogen-bond donors (Lipinski definition) is 2. The molecule has 1 aromatic carbocycles. The largest absolute Gasteiger partial charge is 0.490 e. The van der Waals surface area contributed by atoms with Crippen molar-refractivity contribution in [1.29, 1.82) is 0 Å². The number of rotatable bonds is 6. The van der Waals surface area contributed by atoms with Crippen LogP contribution >= 0.6 is 11.6 Å². The molecule has 1 aromatic rings. The maximum absolute atomic E-state index is 12.0. The number of carbonyl (C=O) groups is 3. The van der Waals surface area contributed by atoms with Gasteiger partial charge >= 0.3 is 17.8 Å². The minimum Gasteiger partial charge on any atom is -0.490 e. The van der Waals surface area contributed by atoms with Gasteiger partial charge in [-0.3, -0.25) is 14.4 Å². The maximum Gasteiger partial charge on any atom is 0.313 e. The van der Waals surface area contributed by atoms with Gasteiger partial charge in [0.1, 0.15) is 0 Å². The average molecular weight is 385 g/mol. The van der Waals surface area contributed by atoms with E-state index >= 15 is 0 Å². The summed E-state index contributed by atoms with van der Waals surface area (Å²) in [6.07, 6.45) is 2.12. The van der Waals surface area contributed by atoms with E-state index in [0.29, 0.717) is 37.6 Å². The molecule has 0 aromatic heterocycles. The van der Waals surface area contributed by atoms with E-state index in [1.807, 2.05) is 0 Å². The Hall–Kier alpha value is -2.48. The van der Waals surface area contributed by atoms with Gasteiger partial charge in [-0.2, -0.15) is 0 Å². The van der Waals surface area contributed by atoms with E-state index in [4.69, 9.17) is 21.1 Å². The predicted molar refractivity (Wildman–Crippen MR) is 94.6 cm³/mol.